The molecule has 5 nitrogen and oxygen atoms in total. The molecule has 1 unspecified atom stereocenters. The third-order valence-electron chi connectivity index (χ3n) is 9.78. The molecule has 0 rings (SSSR count). The van der Waals surface area contributed by atoms with Gasteiger partial charge in [-0.2, -0.15) is 0 Å². The van der Waals surface area contributed by atoms with Gasteiger partial charge in [0.25, 0.3) is 0 Å². The lowest BCUT2D eigenvalue weighted by molar-refractivity contribution is 0.145. The van der Waals surface area contributed by atoms with E-state index in [9.17, 15) is 9.46 Å². The van der Waals surface area contributed by atoms with Gasteiger partial charge in [0.1, 0.15) is 0 Å². The van der Waals surface area contributed by atoms with Crippen molar-refractivity contribution in [2.75, 3.05) is 32.8 Å². The second-order valence-corrected chi connectivity index (χ2v) is 16.0. The largest absolute Gasteiger partial charge is 0.472 e. The summed E-state index contributed by atoms with van der Waals surface area (Å²) in [5.74, 6) is 0. The molecule has 1 atom stereocenters. The molecule has 0 aromatic heterocycles. The van der Waals surface area contributed by atoms with Crippen LogP contribution >= 0.6 is 7.82 Å². The highest BCUT2D eigenvalue weighted by Crippen LogP contribution is 2.43. The van der Waals surface area contributed by atoms with Crippen LogP contribution in [0.25, 0.3) is 0 Å². The molecule has 0 saturated carbocycles. The monoisotopic (exact) mass is 688 g/mol. The van der Waals surface area contributed by atoms with E-state index in [0.717, 1.165) is 25.7 Å². The van der Waals surface area contributed by atoms with Crippen LogP contribution in [-0.2, 0) is 13.6 Å². The minimum Gasteiger partial charge on any atom is -0.303 e. The highest BCUT2D eigenvalue weighted by Gasteiger charge is 2.19. The lowest BCUT2D eigenvalue weighted by Gasteiger charge is -2.22. The second kappa shape index (κ2) is 38.9. The van der Waals surface area contributed by atoms with Crippen molar-refractivity contribution in [3.8, 4) is 0 Å². The number of unbranched alkanes of at least 4 members (excludes halogenated alkanes) is 29. The van der Waals surface area contributed by atoms with E-state index >= 15 is 0 Å². The molecule has 6 heteroatoms. The Morgan fingerprint density at radius 3 is 0.830 bits per heavy atom. The molecule has 0 aliphatic carbocycles. The van der Waals surface area contributed by atoms with Crippen molar-refractivity contribution >= 4 is 7.82 Å². The Labute approximate surface area is 296 Å². The first-order valence-electron chi connectivity index (χ1n) is 21.4. The fraction of sp³-hybridized carbons (Fsp3) is 1.00. The number of rotatable bonds is 41. The topological polar surface area (TPSA) is 59.0 Å². The third kappa shape index (κ3) is 38.7. The van der Waals surface area contributed by atoms with Crippen molar-refractivity contribution in [3.05, 3.63) is 0 Å². The summed E-state index contributed by atoms with van der Waals surface area (Å²) in [6.45, 7) is 11.5. The van der Waals surface area contributed by atoms with Gasteiger partial charge >= 0.3 is 7.82 Å². The summed E-state index contributed by atoms with van der Waals surface area (Å²) < 4.78 is 22.3. The van der Waals surface area contributed by atoms with Crippen molar-refractivity contribution in [2.45, 2.75) is 233 Å². The minimum absolute atomic E-state index is 0.319. The fourth-order valence-electron chi connectivity index (χ4n) is 6.58. The van der Waals surface area contributed by atoms with Crippen LogP contribution in [0.2, 0.25) is 0 Å². The first kappa shape index (κ1) is 47.1. The highest BCUT2D eigenvalue weighted by atomic mass is 31.2. The van der Waals surface area contributed by atoms with Crippen molar-refractivity contribution in [1.82, 2.24) is 4.90 Å². The van der Waals surface area contributed by atoms with Gasteiger partial charge in [-0.3, -0.25) is 9.05 Å². The Morgan fingerprint density at radius 2 is 0.574 bits per heavy atom. The van der Waals surface area contributed by atoms with Gasteiger partial charge in [0.2, 0.25) is 0 Å². The molecule has 0 fully saturated rings. The summed E-state index contributed by atoms with van der Waals surface area (Å²) >= 11 is 0. The Bertz CT molecular complexity index is 619. The maximum absolute atomic E-state index is 12.0. The Kier molecular flexibility index (Phi) is 38.9. The normalized spacial score (nSPS) is 13.1. The molecule has 0 radical (unpaired) electrons. The molecule has 0 amide bonds. The molecule has 0 spiro atoms. The SMILES string of the molecule is CCCCCCCCCOP(=O)(O)OCCCCCCCCCCCCCCCCN(CCCCCCCC)CCCCCCCC. The number of phosphoric ester groups is 1. The standard InChI is InChI=1S/C41H86NO4P/c1-4-7-10-13-25-30-35-40-45-47(43,44)46-41-36-31-26-23-21-19-17-16-18-20-22-24-29-34-39-42(37-32-27-14-11-8-5-2)38-33-28-15-12-9-6-3/h4-41H2,1-3H3,(H,43,44). The van der Waals surface area contributed by atoms with Gasteiger partial charge in [0.05, 0.1) is 13.2 Å². The summed E-state index contributed by atoms with van der Waals surface area (Å²) in [6.07, 6.45) is 43.3. The molecule has 0 aliphatic heterocycles. The van der Waals surface area contributed by atoms with Crippen molar-refractivity contribution < 1.29 is 18.5 Å². The summed E-state index contributed by atoms with van der Waals surface area (Å²) in [6, 6.07) is 0. The van der Waals surface area contributed by atoms with Crippen LogP contribution in [0, 0.1) is 0 Å². The summed E-state index contributed by atoms with van der Waals surface area (Å²) in [4.78, 5) is 12.6. The van der Waals surface area contributed by atoms with Gasteiger partial charge in [0.15, 0.2) is 0 Å². The summed E-state index contributed by atoms with van der Waals surface area (Å²) in [5.41, 5.74) is 0. The minimum atomic E-state index is -3.87. The zero-order chi connectivity index (χ0) is 34.4. The first-order chi connectivity index (χ1) is 23.1. The van der Waals surface area contributed by atoms with E-state index in [0.29, 0.717) is 13.2 Å². The van der Waals surface area contributed by atoms with E-state index in [1.165, 1.54) is 206 Å². The van der Waals surface area contributed by atoms with Gasteiger partial charge in [-0.05, 0) is 51.7 Å². The first-order valence-corrected chi connectivity index (χ1v) is 22.9. The van der Waals surface area contributed by atoms with E-state index in [1.54, 1.807) is 0 Å². The average Bonchev–Trinajstić information content (AvgIpc) is 3.06. The number of nitrogens with zero attached hydrogens (tertiary/aromatic N) is 1. The average molecular weight is 688 g/mol. The molecule has 0 aliphatic rings. The summed E-state index contributed by atoms with van der Waals surface area (Å²) in [7, 11) is -3.87. The molecule has 0 aromatic rings. The van der Waals surface area contributed by atoms with Crippen LogP contribution in [-0.4, -0.2) is 42.6 Å². The van der Waals surface area contributed by atoms with Crippen LogP contribution in [0.1, 0.15) is 233 Å². The molecule has 0 saturated heterocycles. The molecule has 0 heterocycles. The van der Waals surface area contributed by atoms with E-state index in [1.807, 2.05) is 0 Å². The van der Waals surface area contributed by atoms with Crippen LogP contribution in [0.15, 0.2) is 0 Å². The number of hydrogen-bond donors (Lipinski definition) is 1. The smallest absolute Gasteiger partial charge is 0.303 e. The van der Waals surface area contributed by atoms with E-state index in [-0.39, 0.29) is 0 Å². The van der Waals surface area contributed by atoms with Gasteiger partial charge < -0.3 is 9.79 Å². The number of hydrogen-bond acceptors (Lipinski definition) is 4. The van der Waals surface area contributed by atoms with E-state index in [4.69, 9.17) is 9.05 Å². The van der Waals surface area contributed by atoms with Crippen LogP contribution in [0.3, 0.4) is 0 Å². The van der Waals surface area contributed by atoms with Gasteiger partial charge in [0, 0.05) is 0 Å². The quantitative estimate of drug-likeness (QED) is 0.0512. The Morgan fingerprint density at radius 1 is 0.362 bits per heavy atom. The lowest BCUT2D eigenvalue weighted by atomic mass is 10.0. The van der Waals surface area contributed by atoms with Crippen molar-refractivity contribution in [1.29, 1.82) is 0 Å². The van der Waals surface area contributed by atoms with Crippen molar-refractivity contribution in [2.24, 2.45) is 0 Å². The van der Waals surface area contributed by atoms with Crippen LogP contribution < -0.4 is 0 Å². The molecule has 0 aromatic carbocycles. The lowest BCUT2D eigenvalue weighted by Crippen LogP contribution is -2.27. The zero-order valence-corrected chi connectivity index (χ0v) is 33.3. The molecular weight excluding hydrogens is 601 g/mol. The number of phosphoric acid groups is 1. The van der Waals surface area contributed by atoms with E-state index in [2.05, 4.69) is 25.7 Å². The zero-order valence-electron chi connectivity index (χ0n) is 32.4. The van der Waals surface area contributed by atoms with Gasteiger partial charge in [-0.1, -0.05) is 201 Å². The molecule has 0 bridgehead atoms. The van der Waals surface area contributed by atoms with Gasteiger partial charge in [-0.15, -0.1) is 0 Å². The maximum Gasteiger partial charge on any atom is 0.472 e. The molecule has 1 N–H and O–H groups in total. The predicted molar refractivity (Wildman–Crippen MR) is 208 cm³/mol. The van der Waals surface area contributed by atoms with Crippen LogP contribution in [0.5, 0.6) is 0 Å². The molecule has 284 valence electrons. The highest BCUT2D eigenvalue weighted by molar-refractivity contribution is 7.47. The van der Waals surface area contributed by atoms with Crippen LogP contribution in [0.4, 0.5) is 0 Å². The molecular formula is C41H86NO4P. The van der Waals surface area contributed by atoms with Gasteiger partial charge in [-0.25, -0.2) is 4.57 Å². The maximum atomic E-state index is 12.0. The fourth-order valence-corrected chi connectivity index (χ4v) is 7.38. The summed E-state index contributed by atoms with van der Waals surface area (Å²) in [5, 5.41) is 0. The Balaban J connectivity index is 3.59. The van der Waals surface area contributed by atoms with Crippen molar-refractivity contribution in [3.63, 3.8) is 0 Å². The second-order valence-electron chi connectivity index (χ2n) is 14.6. The predicted octanol–water partition coefficient (Wildman–Crippen LogP) is 14.4. The Hall–Kier alpha value is 0.0700. The third-order valence-corrected chi connectivity index (χ3v) is 10.8. The molecule has 47 heavy (non-hydrogen) atoms. The van der Waals surface area contributed by atoms with E-state index < -0.39 is 7.82 Å².